The number of nitrogens with zero attached hydrogens (tertiary/aromatic N) is 2. The first-order valence-electron chi connectivity index (χ1n) is 9.89. The molecule has 0 aliphatic carbocycles. The van der Waals surface area contributed by atoms with Crippen LogP contribution in [-0.2, 0) is 11.8 Å². The number of methoxy groups -OCH3 is 1. The van der Waals surface area contributed by atoms with E-state index in [1.54, 1.807) is 56.8 Å². The van der Waals surface area contributed by atoms with Crippen LogP contribution in [0.3, 0.4) is 0 Å². The predicted molar refractivity (Wildman–Crippen MR) is 118 cm³/mol. The number of anilines is 2. The number of pyridine rings is 1. The molecule has 30 heavy (non-hydrogen) atoms. The number of aromatic nitrogens is 2. The van der Waals surface area contributed by atoms with E-state index < -0.39 is 17.4 Å². The van der Waals surface area contributed by atoms with Crippen LogP contribution in [0.5, 0.6) is 5.75 Å². The van der Waals surface area contributed by atoms with Crippen molar-refractivity contribution >= 4 is 28.5 Å². The van der Waals surface area contributed by atoms with Gasteiger partial charge in [0, 0.05) is 12.4 Å². The Balaban J connectivity index is 0.00000155. The van der Waals surface area contributed by atoms with Crippen molar-refractivity contribution in [3.8, 4) is 5.75 Å². The zero-order chi connectivity index (χ0) is 22.6. The van der Waals surface area contributed by atoms with E-state index in [0.29, 0.717) is 22.6 Å². The summed E-state index contributed by atoms with van der Waals surface area (Å²) < 4.78 is 27.0. The molecule has 7 heteroatoms. The fourth-order valence-electron chi connectivity index (χ4n) is 2.93. The summed E-state index contributed by atoms with van der Waals surface area (Å²) >= 11 is 0. The van der Waals surface area contributed by atoms with Gasteiger partial charge >= 0.3 is 5.97 Å². The summed E-state index contributed by atoms with van der Waals surface area (Å²) in [6.45, 7) is 11.2. The van der Waals surface area contributed by atoms with Crippen LogP contribution in [0.25, 0.3) is 11.0 Å². The Kier molecular flexibility index (Phi) is 7.08. The van der Waals surface area contributed by atoms with E-state index >= 15 is 0 Å². The van der Waals surface area contributed by atoms with Gasteiger partial charge in [-0.15, -0.1) is 0 Å². The molecule has 0 unspecified atom stereocenters. The minimum absolute atomic E-state index is 0.258. The van der Waals surface area contributed by atoms with Crippen molar-refractivity contribution in [3.63, 3.8) is 0 Å². The van der Waals surface area contributed by atoms with Crippen LogP contribution in [0.1, 0.15) is 50.5 Å². The molecular formula is C23H30FN3O3. The van der Waals surface area contributed by atoms with Gasteiger partial charge in [-0.25, -0.2) is 14.2 Å². The lowest BCUT2D eigenvalue weighted by Crippen LogP contribution is -2.24. The second-order valence-electron chi connectivity index (χ2n) is 7.64. The molecule has 3 rings (SSSR count). The average molecular weight is 416 g/mol. The summed E-state index contributed by atoms with van der Waals surface area (Å²) in [7, 11) is 3.28. The van der Waals surface area contributed by atoms with Gasteiger partial charge in [0.15, 0.2) is 0 Å². The van der Waals surface area contributed by atoms with Gasteiger partial charge < -0.3 is 19.4 Å². The van der Waals surface area contributed by atoms with Crippen LogP contribution in [0.4, 0.5) is 15.9 Å². The molecule has 0 atom stereocenters. The largest absolute Gasteiger partial charge is 0.495 e. The minimum atomic E-state index is -0.683. The Hall–Kier alpha value is -3.09. The predicted octanol–water partition coefficient (Wildman–Crippen LogP) is 5.75. The first-order chi connectivity index (χ1) is 14.1. The van der Waals surface area contributed by atoms with E-state index in [9.17, 15) is 9.18 Å². The second-order valence-corrected chi connectivity index (χ2v) is 7.64. The molecule has 0 fully saturated rings. The Bertz CT molecular complexity index is 1050. The zero-order valence-electron chi connectivity index (χ0n) is 18.9. The Morgan fingerprint density at radius 2 is 1.87 bits per heavy atom. The molecule has 0 bridgehead atoms. The topological polar surface area (TPSA) is 65.4 Å². The third kappa shape index (κ3) is 4.90. The highest BCUT2D eigenvalue weighted by Crippen LogP contribution is 2.34. The smallest absolute Gasteiger partial charge is 0.343 e. The molecule has 0 radical (unpaired) electrons. The van der Waals surface area contributed by atoms with Gasteiger partial charge in [0.1, 0.15) is 34.2 Å². The highest BCUT2D eigenvalue weighted by Gasteiger charge is 2.27. The number of hydrogen-bond donors (Lipinski definition) is 1. The minimum Gasteiger partial charge on any atom is -0.495 e. The lowest BCUT2D eigenvalue weighted by atomic mass is 10.1. The van der Waals surface area contributed by atoms with E-state index in [1.165, 1.54) is 13.2 Å². The van der Waals surface area contributed by atoms with Crippen molar-refractivity contribution in [3.05, 3.63) is 47.4 Å². The molecule has 162 valence electrons. The fraction of sp³-hybridized carbons (Fsp3) is 0.391. The third-order valence-electron chi connectivity index (χ3n) is 4.22. The second kappa shape index (κ2) is 9.15. The monoisotopic (exact) mass is 415 g/mol. The molecule has 2 heterocycles. The SMILES string of the molecule is CC.COc1cnc2c(c1)c(C(=O)OC(C)(C)C)c(Nc1ccc(C)cc1F)n2C. The first-order valence-corrected chi connectivity index (χ1v) is 9.89. The molecule has 0 spiro atoms. The van der Waals surface area contributed by atoms with Gasteiger partial charge in [0.05, 0.1) is 19.0 Å². The summed E-state index contributed by atoms with van der Waals surface area (Å²) in [5.74, 6) is -0.0298. The highest BCUT2D eigenvalue weighted by molar-refractivity contribution is 6.09. The van der Waals surface area contributed by atoms with Gasteiger partial charge in [-0.05, 0) is 51.5 Å². The van der Waals surface area contributed by atoms with Crippen LogP contribution in [0, 0.1) is 12.7 Å². The first kappa shape index (κ1) is 23.2. The molecular weight excluding hydrogens is 385 g/mol. The Labute approximate surface area is 177 Å². The number of hydrogen-bond acceptors (Lipinski definition) is 5. The number of carbonyl (C=O) groups is 1. The molecule has 0 aliphatic heterocycles. The number of aryl methyl sites for hydroxylation is 2. The summed E-state index contributed by atoms with van der Waals surface area (Å²) in [6, 6.07) is 6.58. The van der Waals surface area contributed by atoms with E-state index in [0.717, 1.165) is 5.56 Å². The lowest BCUT2D eigenvalue weighted by molar-refractivity contribution is 0.00729. The van der Waals surface area contributed by atoms with E-state index in [-0.39, 0.29) is 11.3 Å². The third-order valence-corrected chi connectivity index (χ3v) is 4.22. The van der Waals surface area contributed by atoms with E-state index in [4.69, 9.17) is 9.47 Å². The number of rotatable bonds is 4. The molecule has 0 amide bonds. The summed E-state index contributed by atoms with van der Waals surface area (Å²) in [5.41, 5.74) is 1.21. The van der Waals surface area contributed by atoms with Gasteiger partial charge in [-0.2, -0.15) is 0 Å². The molecule has 1 N–H and O–H groups in total. The highest BCUT2D eigenvalue weighted by atomic mass is 19.1. The van der Waals surface area contributed by atoms with Crippen molar-refractivity contribution in [1.82, 2.24) is 9.55 Å². The molecule has 0 aliphatic rings. The number of nitrogens with one attached hydrogen (secondary N) is 1. The molecule has 6 nitrogen and oxygen atoms in total. The molecule has 0 saturated heterocycles. The van der Waals surface area contributed by atoms with E-state index in [1.807, 2.05) is 20.8 Å². The Morgan fingerprint density at radius 1 is 1.20 bits per heavy atom. The number of ether oxygens (including phenoxy) is 2. The Morgan fingerprint density at radius 3 is 2.43 bits per heavy atom. The number of fused-ring (bicyclic) bond motifs is 1. The van der Waals surface area contributed by atoms with Crippen molar-refractivity contribution < 1.29 is 18.7 Å². The van der Waals surface area contributed by atoms with Crippen LogP contribution >= 0.6 is 0 Å². The maximum Gasteiger partial charge on any atom is 0.343 e. The summed E-state index contributed by atoms with van der Waals surface area (Å²) in [4.78, 5) is 17.4. The maximum atomic E-state index is 14.4. The van der Waals surface area contributed by atoms with Crippen LogP contribution < -0.4 is 10.1 Å². The van der Waals surface area contributed by atoms with Gasteiger partial charge in [-0.1, -0.05) is 19.9 Å². The summed E-state index contributed by atoms with van der Waals surface area (Å²) in [5, 5.41) is 3.60. The van der Waals surface area contributed by atoms with Crippen molar-refractivity contribution in [2.45, 2.75) is 47.1 Å². The quantitative estimate of drug-likeness (QED) is 0.549. The lowest BCUT2D eigenvalue weighted by Gasteiger charge is -2.20. The molecule has 3 aromatic rings. The van der Waals surface area contributed by atoms with Crippen molar-refractivity contribution in [2.75, 3.05) is 12.4 Å². The maximum absolute atomic E-state index is 14.4. The average Bonchev–Trinajstić information content (AvgIpc) is 2.95. The molecule has 1 aromatic carbocycles. The normalized spacial score (nSPS) is 11.0. The van der Waals surface area contributed by atoms with Crippen LogP contribution in [0.2, 0.25) is 0 Å². The zero-order valence-corrected chi connectivity index (χ0v) is 18.9. The summed E-state index contributed by atoms with van der Waals surface area (Å²) in [6.07, 6.45) is 1.57. The molecule has 2 aromatic heterocycles. The van der Waals surface area contributed by atoms with Crippen molar-refractivity contribution in [2.24, 2.45) is 7.05 Å². The fourth-order valence-corrected chi connectivity index (χ4v) is 2.93. The molecule has 0 saturated carbocycles. The van der Waals surface area contributed by atoms with Crippen LogP contribution in [-0.4, -0.2) is 28.2 Å². The van der Waals surface area contributed by atoms with Gasteiger partial charge in [-0.3, -0.25) is 0 Å². The standard InChI is InChI=1S/C21H24FN3O3.C2H6/c1-12-7-8-16(15(22)9-12)24-19-17(20(26)28-21(2,3)4)14-10-13(27-6)11-23-18(14)25(19)5;1-2/h7-11,24H,1-6H3;1-2H3. The number of carbonyl (C=O) groups excluding carboxylic acids is 1. The number of benzene rings is 1. The van der Waals surface area contributed by atoms with Crippen LogP contribution in [0.15, 0.2) is 30.5 Å². The van der Waals surface area contributed by atoms with Crippen molar-refractivity contribution in [1.29, 1.82) is 0 Å². The number of halogens is 1. The van der Waals surface area contributed by atoms with Gasteiger partial charge in [0.2, 0.25) is 0 Å². The van der Waals surface area contributed by atoms with E-state index in [2.05, 4.69) is 10.3 Å². The number of esters is 1. The van der Waals surface area contributed by atoms with Gasteiger partial charge in [0.25, 0.3) is 0 Å².